The third kappa shape index (κ3) is 4.37. The molecule has 6 nitrogen and oxygen atoms in total. The van der Waals surface area contributed by atoms with E-state index in [1.54, 1.807) is 4.90 Å². The zero-order valence-corrected chi connectivity index (χ0v) is 12.8. The van der Waals surface area contributed by atoms with E-state index in [1.807, 2.05) is 20.8 Å². The van der Waals surface area contributed by atoms with Crippen LogP contribution in [0.4, 0.5) is 4.79 Å². The van der Waals surface area contributed by atoms with E-state index in [0.717, 1.165) is 0 Å². The number of carbonyl (C=O) groups excluding carboxylic acids is 2. The molecule has 0 aliphatic carbocycles. The molecule has 1 fully saturated rings. The summed E-state index contributed by atoms with van der Waals surface area (Å²) in [7, 11) is 1.34. The first-order chi connectivity index (χ1) is 9.38. The Hall–Kier alpha value is -1.30. The number of hydrogen-bond acceptors (Lipinski definition) is 4. The first-order valence-electron chi connectivity index (χ1n) is 7.20. The fourth-order valence-corrected chi connectivity index (χ4v) is 2.50. The van der Waals surface area contributed by atoms with Crippen molar-refractivity contribution in [2.24, 2.45) is 11.8 Å². The van der Waals surface area contributed by atoms with E-state index >= 15 is 0 Å². The molecule has 1 aliphatic heterocycles. The highest BCUT2D eigenvalue weighted by Crippen LogP contribution is 2.22. The number of ether oxygens (including phenoxy) is 1. The summed E-state index contributed by atoms with van der Waals surface area (Å²) >= 11 is 0. The van der Waals surface area contributed by atoms with Gasteiger partial charge in [-0.25, -0.2) is 4.79 Å². The maximum atomic E-state index is 11.8. The highest BCUT2D eigenvalue weighted by atomic mass is 16.5. The minimum absolute atomic E-state index is 0.0357. The molecule has 3 atom stereocenters. The van der Waals surface area contributed by atoms with Crippen LogP contribution < -0.4 is 5.32 Å². The van der Waals surface area contributed by atoms with Crippen molar-refractivity contribution in [2.75, 3.05) is 20.2 Å². The highest BCUT2D eigenvalue weighted by molar-refractivity contribution is 5.78. The third-order valence-electron chi connectivity index (χ3n) is 3.75. The maximum Gasteiger partial charge on any atom is 0.409 e. The van der Waals surface area contributed by atoms with Crippen LogP contribution in [0, 0.1) is 11.8 Å². The van der Waals surface area contributed by atoms with Crippen LogP contribution in [0.3, 0.4) is 0 Å². The van der Waals surface area contributed by atoms with Gasteiger partial charge in [-0.15, -0.1) is 0 Å². The van der Waals surface area contributed by atoms with Crippen LogP contribution in [0.15, 0.2) is 0 Å². The summed E-state index contributed by atoms with van der Waals surface area (Å²) in [6.07, 6.45) is 0.425. The molecule has 2 amide bonds. The molecule has 0 spiro atoms. The smallest absolute Gasteiger partial charge is 0.409 e. The Bertz CT molecular complexity index is 346. The molecule has 1 heterocycles. The van der Waals surface area contributed by atoms with Gasteiger partial charge in [0, 0.05) is 31.0 Å². The van der Waals surface area contributed by atoms with Gasteiger partial charge in [0.2, 0.25) is 5.91 Å². The third-order valence-corrected chi connectivity index (χ3v) is 3.75. The molecule has 116 valence electrons. The summed E-state index contributed by atoms with van der Waals surface area (Å²) in [4.78, 5) is 25.0. The lowest BCUT2D eigenvalue weighted by Gasteiger charge is -2.39. The molecule has 6 heteroatoms. The summed E-state index contributed by atoms with van der Waals surface area (Å²) in [5, 5.41) is 13.0. The van der Waals surface area contributed by atoms with Crippen LogP contribution in [-0.2, 0) is 9.53 Å². The number of rotatable bonds is 4. The minimum atomic E-state index is -0.471. The molecule has 0 aromatic rings. The quantitative estimate of drug-likeness (QED) is 0.807. The number of amides is 2. The number of nitrogens with one attached hydrogen (secondary N) is 1. The Kier molecular flexibility index (Phi) is 6.26. The molecule has 0 aromatic heterocycles. The van der Waals surface area contributed by atoms with Gasteiger partial charge in [0.1, 0.15) is 0 Å². The lowest BCUT2D eigenvalue weighted by Crippen LogP contribution is -2.55. The number of likely N-dealkylation sites (tertiary alicyclic amines) is 1. The molecular weight excluding hydrogens is 260 g/mol. The van der Waals surface area contributed by atoms with E-state index in [2.05, 4.69) is 5.32 Å². The fourth-order valence-electron chi connectivity index (χ4n) is 2.50. The predicted octanol–water partition coefficient (Wildman–Crippen LogP) is 0.986. The van der Waals surface area contributed by atoms with Crippen LogP contribution in [0.2, 0.25) is 0 Å². The molecular formula is C14H26N2O4. The number of hydrogen-bond donors (Lipinski definition) is 2. The minimum Gasteiger partial charge on any atom is -0.453 e. The number of aliphatic hydroxyl groups excluding tert-OH is 1. The van der Waals surface area contributed by atoms with E-state index in [0.29, 0.717) is 25.9 Å². The first-order valence-corrected chi connectivity index (χ1v) is 7.20. The van der Waals surface area contributed by atoms with Gasteiger partial charge in [-0.2, -0.15) is 0 Å². The summed E-state index contributed by atoms with van der Waals surface area (Å²) in [5.74, 6) is -0.171. The van der Waals surface area contributed by atoms with Gasteiger partial charge in [0.15, 0.2) is 0 Å². The predicted molar refractivity (Wildman–Crippen MR) is 75.2 cm³/mol. The van der Waals surface area contributed by atoms with E-state index < -0.39 is 12.2 Å². The molecule has 0 saturated carbocycles. The zero-order valence-electron chi connectivity index (χ0n) is 12.8. The van der Waals surface area contributed by atoms with Gasteiger partial charge in [-0.05, 0) is 12.8 Å². The number of methoxy groups -OCH3 is 1. The molecule has 1 saturated heterocycles. The van der Waals surface area contributed by atoms with Crippen LogP contribution >= 0.6 is 0 Å². The van der Waals surface area contributed by atoms with Crippen molar-refractivity contribution >= 4 is 12.0 Å². The second kappa shape index (κ2) is 7.47. The van der Waals surface area contributed by atoms with Gasteiger partial charge in [0.05, 0.1) is 13.2 Å². The van der Waals surface area contributed by atoms with Crippen molar-refractivity contribution < 1.29 is 19.4 Å². The Balaban J connectivity index is 2.73. The van der Waals surface area contributed by atoms with E-state index in [-0.39, 0.29) is 23.8 Å². The summed E-state index contributed by atoms with van der Waals surface area (Å²) in [6.45, 7) is 6.46. The second-order valence-corrected chi connectivity index (χ2v) is 5.71. The van der Waals surface area contributed by atoms with Crippen LogP contribution in [0.1, 0.15) is 33.6 Å². The van der Waals surface area contributed by atoms with Crippen LogP contribution in [-0.4, -0.2) is 54.4 Å². The standard InChI is InChI=1S/C14H26N2O4/c1-5-12(17)10-6-11(15-13(18)9(2)3)8-16(7-10)14(19)20-4/h9-12,17H,5-8H2,1-4H3,(H,15,18). The lowest BCUT2D eigenvalue weighted by atomic mass is 9.88. The van der Waals surface area contributed by atoms with Crippen molar-refractivity contribution in [1.82, 2.24) is 10.2 Å². The van der Waals surface area contributed by atoms with Gasteiger partial charge in [-0.1, -0.05) is 20.8 Å². The van der Waals surface area contributed by atoms with Crippen molar-refractivity contribution in [3.05, 3.63) is 0 Å². The molecule has 1 aliphatic rings. The molecule has 2 N–H and O–H groups in total. The maximum absolute atomic E-state index is 11.8. The summed E-state index contributed by atoms with van der Waals surface area (Å²) in [6, 6.07) is -0.135. The van der Waals surface area contributed by atoms with Crippen LogP contribution in [0.5, 0.6) is 0 Å². The van der Waals surface area contributed by atoms with Crippen molar-refractivity contribution in [3.8, 4) is 0 Å². The van der Waals surface area contributed by atoms with Crippen molar-refractivity contribution in [2.45, 2.75) is 45.8 Å². The van der Waals surface area contributed by atoms with E-state index in [4.69, 9.17) is 4.74 Å². The Morgan fingerprint density at radius 2 is 2.05 bits per heavy atom. The molecule has 3 unspecified atom stereocenters. The zero-order chi connectivity index (χ0) is 15.3. The monoisotopic (exact) mass is 286 g/mol. The fraction of sp³-hybridized carbons (Fsp3) is 0.857. The largest absolute Gasteiger partial charge is 0.453 e. The second-order valence-electron chi connectivity index (χ2n) is 5.71. The van der Waals surface area contributed by atoms with E-state index in [1.165, 1.54) is 7.11 Å². The normalized spacial score (nSPS) is 24.4. The first kappa shape index (κ1) is 16.8. The highest BCUT2D eigenvalue weighted by Gasteiger charge is 2.34. The summed E-state index contributed by atoms with van der Waals surface area (Å²) < 4.78 is 4.74. The van der Waals surface area contributed by atoms with Crippen molar-refractivity contribution in [1.29, 1.82) is 0 Å². The van der Waals surface area contributed by atoms with Crippen molar-refractivity contribution in [3.63, 3.8) is 0 Å². The molecule has 1 rings (SSSR count). The van der Waals surface area contributed by atoms with Gasteiger partial charge < -0.3 is 20.1 Å². The number of nitrogens with zero attached hydrogens (tertiary/aromatic N) is 1. The number of aliphatic hydroxyl groups is 1. The Morgan fingerprint density at radius 3 is 2.55 bits per heavy atom. The Labute approximate surface area is 120 Å². The molecule has 0 bridgehead atoms. The summed E-state index contributed by atoms with van der Waals surface area (Å²) in [5.41, 5.74) is 0. The van der Waals surface area contributed by atoms with Gasteiger partial charge in [0.25, 0.3) is 0 Å². The lowest BCUT2D eigenvalue weighted by molar-refractivity contribution is -0.125. The van der Waals surface area contributed by atoms with E-state index in [9.17, 15) is 14.7 Å². The average molecular weight is 286 g/mol. The topological polar surface area (TPSA) is 78.9 Å². The average Bonchev–Trinajstić information content (AvgIpc) is 2.44. The molecule has 0 radical (unpaired) electrons. The Morgan fingerprint density at radius 1 is 1.40 bits per heavy atom. The SMILES string of the molecule is CCC(O)C1CC(NC(=O)C(C)C)CN(C(=O)OC)C1. The van der Waals surface area contributed by atoms with Gasteiger partial charge in [-0.3, -0.25) is 4.79 Å². The van der Waals surface area contributed by atoms with Gasteiger partial charge >= 0.3 is 6.09 Å². The molecule has 20 heavy (non-hydrogen) atoms. The van der Waals surface area contributed by atoms with Crippen LogP contribution in [0.25, 0.3) is 0 Å². The number of carbonyl (C=O) groups is 2. The number of piperidine rings is 1. The molecule has 0 aromatic carbocycles.